The summed E-state index contributed by atoms with van der Waals surface area (Å²) in [5.41, 5.74) is 2.53. The highest BCUT2D eigenvalue weighted by molar-refractivity contribution is 5.28. The van der Waals surface area contributed by atoms with Gasteiger partial charge in [-0.1, -0.05) is 30.3 Å². The zero-order valence-corrected chi connectivity index (χ0v) is 19.0. The Kier molecular flexibility index (Phi) is 7.12. The molecule has 0 radical (unpaired) electrons. The molecule has 1 aromatic heterocycles. The zero-order chi connectivity index (χ0) is 22.4. The topological polar surface area (TPSA) is 59.8 Å². The lowest BCUT2D eigenvalue weighted by Gasteiger charge is -2.39. The van der Waals surface area contributed by atoms with Gasteiger partial charge in [0, 0.05) is 18.8 Å². The average molecular weight is 436 g/mol. The predicted octanol–water partition coefficient (Wildman–Crippen LogP) is 3.98. The van der Waals surface area contributed by atoms with E-state index in [1.165, 1.54) is 5.56 Å². The molecule has 1 aliphatic heterocycles. The maximum absolute atomic E-state index is 11.1. The van der Waals surface area contributed by atoms with Crippen LogP contribution in [0.4, 0.5) is 0 Å². The van der Waals surface area contributed by atoms with Gasteiger partial charge in [-0.15, -0.1) is 0 Å². The fourth-order valence-corrected chi connectivity index (χ4v) is 4.34. The zero-order valence-electron chi connectivity index (χ0n) is 19.0. The highest BCUT2D eigenvalue weighted by Gasteiger charge is 2.34. The molecule has 4 rings (SSSR count). The molecular formula is C26H33N3O3. The molecule has 0 unspecified atom stereocenters. The SMILES string of the molecule is Cc1cc(C)n(CCOc2cccc(CN3CCC[C@](O)(COc4ccccc4)C3)c2)n1. The van der Waals surface area contributed by atoms with Crippen molar-refractivity contribution in [3.63, 3.8) is 0 Å². The van der Waals surface area contributed by atoms with Gasteiger partial charge in [0.25, 0.3) is 0 Å². The van der Waals surface area contributed by atoms with Crippen LogP contribution in [-0.4, -0.2) is 51.7 Å². The fraction of sp³-hybridized carbons (Fsp3) is 0.423. The minimum atomic E-state index is -0.831. The Labute approximate surface area is 190 Å². The molecule has 1 aliphatic rings. The molecule has 170 valence electrons. The second kappa shape index (κ2) is 10.2. The summed E-state index contributed by atoms with van der Waals surface area (Å²) < 4.78 is 13.8. The van der Waals surface area contributed by atoms with Crippen LogP contribution in [0.2, 0.25) is 0 Å². The number of aliphatic hydroxyl groups is 1. The van der Waals surface area contributed by atoms with Crippen molar-refractivity contribution in [2.24, 2.45) is 0 Å². The maximum atomic E-state index is 11.1. The third kappa shape index (κ3) is 6.11. The molecule has 32 heavy (non-hydrogen) atoms. The molecule has 0 aliphatic carbocycles. The average Bonchev–Trinajstić information content (AvgIpc) is 3.10. The van der Waals surface area contributed by atoms with Crippen molar-refractivity contribution in [1.82, 2.24) is 14.7 Å². The molecule has 1 atom stereocenters. The van der Waals surface area contributed by atoms with Crippen LogP contribution >= 0.6 is 0 Å². The molecule has 0 amide bonds. The molecular weight excluding hydrogens is 402 g/mol. The van der Waals surface area contributed by atoms with Crippen LogP contribution in [0.15, 0.2) is 60.7 Å². The second-order valence-electron chi connectivity index (χ2n) is 8.79. The van der Waals surface area contributed by atoms with Crippen LogP contribution in [0.1, 0.15) is 29.8 Å². The summed E-state index contributed by atoms with van der Waals surface area (Å²) in [5, 5.41) is 15.6. The van der Waals surface area contributed by atoms with Crippen LogP contribution in [-0.2, 0) is 13.1 Å². The van der Waals surface area contributed by atoms with E-state index in [2.05, 4.69) is 35.1 Å². The molecule has 1 fully saturated rings. The standard InChI is InChI=1S/C26H33N3O3/c1-21-16-22(2)29(27-21)14-15-31-25-11-6-8-23(17-25)18-28-13-7-12-26(30,19-28)20-32-24-9-4-3-5-10-24/h3-6,8-11,16-17,30H,7,12-15,18-20H2,1-2H3/t26-/m1/s1. The Balaban J connectivity index is 1.29. The van der Waals surface area contributed by atoms with Gasteiger partial charge in [0.1, 0.15) is 30.3 Å². The van der Waals surface area contributed by atoms with E-state index in [4.69, 9.17) is 9.47 Å². The van der Waals surface area contributed by atoms with Gasteiger partial charge in [-0.3, -0.25) is 9.58 Å². The first-order chi connectivity index (χ1) is 15.5. The summed E-state index contributed by atoms with van der Waals surface area (Å²) in [4.78, 5) is 2.30. The molecule has 0 spiro atoms. The van der Waals surface area contributed by atoms with Crippen LogP contribution < -0.4 is 9.47 Å². The Hall–Kier alpha value is -2.83. The number of benzene rings is 2. The van der Waals surface area contributed by atoms with E-state index in [-0.39, 0.29) is 0 Å². The van der Waals surface area contributed by atoms with Crippen molar-refractivity contribution in [2.45, 2.75) is 45.4 Å². The van der Waals surface area contributed by atoms with Gasteiger partial charge in [-0.05, 0) is 69.1 Å². The largest absolute Gasteiger partial charge is 0.492 e. The van der Waals surface area contributed by atoms with E-state index in [9.17, 15) is 5.11 Å². The van der Waals surface area contributed by atoms with Gasteiger partial charge in [0.15, 0.2) is 0 Å². The van der Waals surface area contributed by atoms with Gasteiger partial charge >= 0.3 is 0 Å². The molecule has 6 heteroatoms. The first-order valence-electron chi connectivity index (χ1n) is 11.3. The van der Waals surface area contributed by atoms with Gasteiger partial charge in [-0.25, -0.2) is 0 Å². The van der Waals surface area contributed by atoms with Crippen LogP contribution in [0.5, 0.6) is 11.5 Å². The van der Waals surface area contributed by atoms with Crippen LogP contribution in [0.25, 0.3) is 0 Å². The summed E-state index contributed by atoms with van der Waals surface area (Å²) in [6.07, 6.45) is 1.71. The van der Waals surface area contributed by atoms with Crippen molar-refractivity contribution in [2.75, 3.05) is 26.3 Å². The number of hydrogen-bond acceptors (Lipinski definition) is 5. The maximum Gasteiger partial charge on any atom is 0.119 e. The lowest BCUT2D eigenvalue weighted by molar-refractivity contribution is -0.0621. The van der Waals surface area contributed by atoms with E-state index in [0.29, 0.717) is 19.8 Å². The number of aryl methyl sites for hydroxylation is 2. The molecule has 2 aromatic carbocycles. The molecule has 6 nitrogen and oxygen atoms in total. The Morgan fingerprint density at radius 3 is 2.59 bits per heavy atom. The van der Waals surface area contributed by atoms with Crippen molar-refractivity contribution >= 4 is 0 Å². The van der Waals surface area contributed by atoms with Crippen molar-refractivity contribution in [3.8, 4) is 11.5 Å². The minimum absolute atomic E-state index is 0.309. The molecule has 0 bridgehead atoms. The van der Waals surface area contributed by atoms with Gasteiger partial charge < -0.3 is 14.6 Å². The molecule has 2 heterocycles. The van der Waals surface area contributed by atoms with Crippen molar-refractivity contribution in [3.05, 3.63) is 77.6 Å². The summed E-state index contributed by atoms with van der Waals surface area (Å²) in [6, 6.07) is 20.0. The number of piperidine rings is 1. The highest BCUT2D eigenvalue weighted by Crippen LogP contribution is 2.25. The smallest absolute Gasteiger partial charge is 0.119 e. The van der Waals surface area contributed by atoms with Crippen molar-refractivity contribution < 1.29 is 14.6 Å². The number of ether oxygens (including phenoxy) is 2. The van der Waals surface area contributed by atoms with E-state index in [0.717, 1.165) is 55.4 Å². The molecule has 3 aromatic rings. The monoisotopic (exact) mass is 435 g/mol. The Bertz CT molecular complexity index is 1000. The molecule has 0 saturated carbocycles. The number of aromatic nitrogens is 2. The summed E-state index contributed by atoms with van der Waals surface area (Å²) in [6.45, 7) is 8.02. The van der Waals surface area contributed by atoms with E-state index in [1.807, 2.05) is 54.1 Å². The number of likely N-dealkylation sites (tertiary alicyclic amines) is 1. The van der Waals surface area contributed by atoms with E-state index >= 15 is 0 Å². The minimum Gasteiger partial charge on any atom is -0.492 e. The van der Waals surface area contributed by atoms with Gasteiger partial charge in [0.05, 0.1) is 12.2 Å². The third-order valence-corrected chi connectivity index (χ3v) is 5.86. The van der Waals surface area contributed by atoms with Crippen LogP contribution in [0.3, 0.4) is 0 Å². The number of hydrogen-bond donors (Lipinski definition) is 1. The highest BCUT2D eigenvalue weighted by atomic mass is 16.5. The van der Waals surface area contributed by atoms with E-state index in [1.54, 1.807) is 0 Å². The second-order valence-corrected chi connectivity index (χ2v) is 8.79. The summed E-state index contributed by atoms with van der Waals surface area (Å²) in [5.74, 6) is 1.66. The lowest BCUT2D eigenvalue weighted by atomic mass is 9.93. The molecule has 1 N–H and O–H groups in total. The first-order valence-corrected chi connectivity index (χ1v) is 11.3. The first kappa shape index (κ1) is 22.4. The van der Waals surface area contributed by atoms with E-state index < -0.39 is 5.60 Å². The lowest BCUT2D eigenvalue weighted by Crippen LogP contribution is -2.51. The predicted molar refractivity (Wildman–Crippen MR) is 125 cm³/mol. The number of rotatable bonds is 9. The number of para-hydroxylation sites is 1. The van der Waals surface area contributed by atoms with Crippen LogP contribution in [0, 0.1) is 13.8 Å². The van der Waals surface area contributed by atoms with Gasteiger partial charge in [-0.2, -0.15) is 5.10 Å². The third-order valence-electron chi connectivity index (χ3n) is 5.86. The fourth-order valence-electron chi connectivity index (χ4n) is 4.34. The number of nitrogens with zero attached hydrogens (tertiary/aromatic N) is 3. The Morgan fingerprint density at radius 2 is 1.81 bits per heavy atom. The Morgan fingerprint density at radius 1 is 1.00 bits per heavy atom. The molecule has 1 saturated heterocycles. The van der Waals surface area contributed by atoms with Gasteiger partial charge in [0.2, 0.25) is 0 Å². The quantitative estimate of drug-likeness (QED) is 0.551. The normalized spacial score (nSPS) is 19.1. The number of β-amino-alcohol motifs (C(OH)–C–C–N with tert-alkyl or cyclic N) is 1. The summed E-state index contributed by atoms with van der Waals surface area (Å²) in [7, 11) is 0. The summed E-state index contributed by atoms with van der Waals surface area (Å²) >= 11 is 0. The van der Waals surface area contributed by atoms with Crippen molar-refractivity contribution in [1.29, 1.82) is 0 Å².